The van der Waals surface area contributed by atoms with Crippen molar-refractivity contribution < 1.29 is 9.47 Å². The van der Waals surface area contributed by atoms with E-state index in [-0.39, 0.29) is 0 Å². The molecule has 0 amide bonds. The number of ether oxygens (including phenoxy) is 2. The van der Waals surface area contributed by atoms with Crippen LogP contribution >= 0.6 is 0 Å². The quantitative estimate of drug-likeness (QED) is 0.758. The molecule has 1 aromatic rings. The van der Waals surface area contributed by atoms with Gasteiger partial charge < -0.3 is 20.1 Å². The molecule has 1 atom stereocenters. The molecule has 1 aliphatic heterocycles. The minimum atomic E-state index is 0.366. The van der Waals surface area contributed by atoms with E-state index < -0.39 is 0 Å². The molecule has 0 spiro atoms. The molecule has 7 heteroatoms. The molecule has 2 rings (SSSR count). The van der Waals surface area contributed by atoms with E-state index in [1.54, 1.807) is 0 Å². The summed E-state index contributed by atoms with van der Waals surface area (Å²) in [6, 6.07) is 0.366. The highest BCUT2D eigenvalue weighted by molar-refractivity contribution is 5.35. The van der Waals surface area contributed by atoms with Crippen LogP contribution in [0.15, 0.2) is 0 Å². The third-order valence-corrected chi connectivity index (χ3v) is 3.19. The fourth-order valence-electron chi connectivity index (χ4n) is 2.13. The number of anilines is 2. The lowest BCUT2D eigenvalue weighted by molar-refractivity contribution is 0.0594. The molecule has 1 aromatic heterocycles. The molecular weight excluding hydrogens is 270 g/mol. The molecule has 1 unspecified atom stereocenters. The second kappa shape index (κ2) is 8.61. The van der Waals surface area contributed by atoms with Crippen LogP contribution in [0.5, 0.6) is 6.01 Å². The molecule has 0 bridgehead atoms. The van der Waals surface area contributed by atoms with Crippen molar-refractivity contribution in [3.05, 3.63) is 0 Å². The van der Waals surface area contributed by atoms with Gasteiger partial charge in [-0.15, -0.1) is 0 Å². The molecule has 7 nitrogen and oxygen atoms in total. The molecular formula is C14H25N5O2. The van der Waals surface area contributed by atoms with Crippen LogP contribution in [0.1, 0.15) is 33.1 Å². The highest BCUT2D eigenvalue weighted by Crippen LogP contribution is 2.16. The van der Waals surface area contributed by atoms with Crippen molar-refractivity contribution in [2.24, 2.45) is 5.92 Å². The van der Waals surface area contributed by atoms with Crippen LogP contribution in [0.25, 0.3) is 0 Å². The van der Waals surface area contributed by atoms with Crippen LogP contribution < -0.4 is 15.4 Å². The van der Waals surface area contributed by atoms with Crippen LogP contribution in [0.4, 0.5) is 11.9 Å². The molecule has 2 N–H and O–H groups in total. The van der Waals surface area contributed by atoms with Gasteiger partial charge >= 0.3 is 6.01 Å². The summed E-state index contributed by atoms with van der Waals surface area (Å²) in [5.74, 6) is 1.61. The monoisotopic (exact) mass is 295 g/mol. The van der Waals surface area contributed by atoms with Crippen molar-refractivity contribution in [2.45, 2.75) is 33.1 Å². The molecule has 2 heterocycles. The number of aromatic nitrogens is 3. The minimum Gasteiger partial charge on any atom is -0.463 e. The van der Waals surface area contributed by atoms with Crippen molar-refractivity contribution in [1.29, 1.82) is 0 Å². The number of rotatable bonds is 8. The van der Waals surface area contributed by atoms with Gasteiger partial charge in [0.25, 0.3) is 0 Å². The van der Waals surface area contributed by atoms with Gasteiger partial charge in [-0.1, -0.05) is 6.92 Å². The van der Waals surface area contributed by atoms with Crippen molar-refractivity contribution in [3.8, 4) is 6.01 Å². The van der Waals surface area contributed by atoms with Gasteiger partial charge in [0, 0.05) is 19.7 Å². The summed E-state index contributed by atoms with van der Waals surface area (Å²) in [4.78, 5) is 12.9. The lowest BCUT2D eigenvalue weighted by Gasteiger charge is -2.22. The zero-order valence-electron chi connectivity index (χ0n) is 12.9. The second-order valence-electron chi connectivity index (χ2n) is 5.11. The second-order valence-corrected chi connectivity index (χ2v) is 5.11. The van der Waals surface area contributed by atoms with E-state index in [4.69, 9.17) is 9.47 Å². The third kappa shape index (κ3) is 5.34. The summed E-state index contributed by atoms with van der Waals surface area (Å²) in [5, 5.41) is 6.36. The standard InChI is InChI=1S/C14H25N5O2/c1-3-7-21-14-18-12(15-4-2)17-13(19-14)16-9-11-6-5-8-20-10-11/h11H,3-10H2,1-2H3,(H2,15,16,17,18,19). The van der Waals surface area contributed by atoms with E-state index in [1.807, 2.05) is 6.92 Å². The van der Waals surface area contributed by atoms with Crippen LogP contribution in [-0.2, 0) is 4.74 Å². The van der Waals surface area contributed by atoms with Crippen molar-refractivity contribution in [3.63, 3.8) is 0 Å². The van der Waals surface area contributed by atoms with Crippen LogP contribution in [0.2, 0.25) is 0 Å². The molecule has 21 heavy (non-hydrogen) atoms. The summed E-state index contributed by atoms with van der Waals surface area (Å²) in [5.41, 5.74) is 0. The molecule has 0 radical (unpaired) electrons. The van der Waals surface area contributed by atoms with Gasteiger partial charge in [-0.3, -0.25) is 0 Å². The first-order valence-corrected chi connectivity index (χ1v) is 7.76. The van der Waals surface area contributed by atoms with Crippen LogP contribution in [-0.4, -0.2) is 47.9 Å². The maximum Gasteiger partial charge on any atom is 0.323 e. The van der Waals surface area contributed by atoms with Crippen molar-refractivity contribution in [1.82, 2.24) is 15.0 Å². The average Bonchev–Trinajstić information content (AvgIpc) is 2.52. The van der Waals surface area contributed by atoms with E-state index in [0.717, 1.165) is 39.1 Å². The topological polar surface area (TPSA) is 81.2 Å². The highest BCUT2D eigenvalue weighted by Gasteiger charge is 2.15. The molecule has 0 aromatic carbocycles. The summed E-state index contributed by atoms with van der Waals surface area (Å²) in [6.07, 6.45) is 3.22. The van der Waals surface area contributed by atoms with E-state index in [2.05, 4.69) is 32.5 Å². The van der Waals surface area contributed by atoms with Gasteiger partial charge in [0.05, 0.1) is 13.2 Å². The van der Waals surface area contributed by atoms with Gasteiger partial charge in [0.2, 0.25) is 11.9 Å². The average molecular weight is 295 g/mol. The Kier molecular flexibility index (Phi) is 6.46. The first-order chi connectivity index (χ1) is 10.3. The number of nitrogens with zero attached hydrogens (tertiary/aromatic N) is 3. The Morgan fingerprint density at radius 2 is 2.00 bits per heavy atom. The van der Waals surface area contributed by atoms with Gasteiger partial charge in [-0.2, -0.15) is 15.0 Å². The Hall–Kier alpha value is -1.63. The number of hydrogen-bond donors (Lipinski definition) is 2. The van der Waals surface area contributed by atoms with Gasteiger partial charge in [0.15, 0.2) is 0 Å². The Labute approximate surface area is 125 Å². The maximum atomic E-state index is 5.51. The summed E-state index contributed by atoms with van der Waals surface area (Å²) in [6.45, 7) is 7.90. The van der Waals surface area contributed by atoms with E-state index >= 15 is 0 Å². The lowest BCUT2D eigenvalue weighted by atomic mass is 10.0. The Morgan fingerprint density at radius 1 is 1.19 bits per heavy atom. The molecule has 1 saturated heterocycles. The van der Waals surface area contributed by atoms with E-state index in [0.29, 0.717) is 30.4 Å². The van der Waals surface area contributed by atoms with Crippen molar-refractivity contribution in [2.75, 3.05) is 43.5 Å². The Morgan fingerprint density at radius 3 is 2.67 bits per heavy atom. The summed E-state index contributed by atoms with van der Waals surface area (Å²) in [7, 11) is 0. The molecule has 1 fully saturated rings. The highest BCUT2D eigenvalue weighted by atomic mass is 16.5. The van der Waals surface area contributed by atoms with Gasteiger partial charge in [-0.25, -0.2) is 0 Å². The molecule has 118 valence electrons. The van der Waals surface area contributed by atoms with Crippen molar-refractivity contribution >= 4 is 11.9 Å². The third-order valence-electron chi connectivity index (χ3n) is 3.19. The first kappa shape index (κ1) is 15.8. The largest absolute Gasteiger partial charge is 0.463 e. The van der Waals surface area contributed by atoms with Gasteiger partial charge in [-0.05, 0) is 32.1 Å². The number of hydrogen-bond acceptors (Lipinski definition) is 7. The van der Waals surface area contributed by atoms with Crippen LogP contribution in [0.3, 0.4) is 0 Å². The maximum absolute atomic E-state index is 5.51. The smallest absolute Gasteiger partial charge is 0.323 e. The normalized spacial score (nSPS) is 18.3. The van der Waals surface area contributed by atoms with E-state index in [1.165, 1.54) is 6.42 Å². The predicted molar refractivity (Wildman–Crippen MR) is 81.8 cm³/mol. The summed E-state index contributed by atoms with van der Waals surface area (Å²) >= 11 is 0. The first-order valence-electron chi connectivity index (χ1n) is 7.76. The fraction of sp³-hybridized carbons (Fsp3) is 0.786. The van der Waals surface area contributed by atoms with Crippen LogP contribution in [0, 0.1) is 5.92 Å². The summed E-state index contributed by atoms with van der Waals surface area (Å²) < 4.78 is 11.0. The SMILES string of the molecule is CCCOc1nc(NCC)nc(NCC2CCCOC2)n1. The van der Waals surface area contributed by atoms with Gasteiger partial charge in [0.1, 0.15) is 0 Å². The zero-order chi connectivity index (χ0) is 14.9. The van der Waals surface area contributed by atoms with E-state index in [9.17, 15) is 0 Å². The molecule has 0 saturated carbocycles. The Balaban J connectivity index is 1.96. The zero-order valence-corrected chi connectivity index (χ0v) is 12.9. The molecule has 1 aliphatic rings. The predicted octanol–water partition coefficient (Wildman–Crippen LogP) is 1.93. The molecule has 0 aliphatic carbocycles. The minimum absolute atomic E-state index is 0.366. The fourth-order valence-corrected chi connectivity index (χ4v) is 2.13. The lowest BCUT2D eigenvalue weighted by Crippen LogP contribution is -2.25. The number of nitrogens with one attached hydrogen (secondary N) is 2. The Bertz CT molecular complexity index is 424.